The minimum atomic E-state index is -3.53. The monoisotopic (exact) mass is 283 g/mol. The van der Waals surface area contributed by atoms with E-state index in [1.807, 2.05) is 20.8 Å². The summed E-state index contributed by atoms with van der Waals surface area (Å²) >= 11 is 0. The van der Waals surface area contributed by atoms with Gasteiger partial charge in [-0.2, -0.15) is 5.10 Å². The molecule has 0 bridgehead atoms. The van der Waals surface area contributed by atoms with E-state index in [4.69, 9.17) is 0 Å². The minimum Gasteiger partial charge on any atom is -0.306 e. The van der Waals surface area contributed by atoms with Gasteiger partial charge in [-0.05, 0) is 26.8 Å². The van der Waals surface area contributed by atoms with E-state index in [0.29, 0.717) is 11.0 Å². The first-order chi connectivity index (χ1) is 8.66. The Kier molecular flexibility index (Phi) is 3.04. The third kappa shape index (κ3) is 2.30. The van der Waals surface area contributed by atoms with Crippen molar-refractivity contribution in [3.63, 3.8) is 0 Å². The Morgan fingerprint density at radius 3 is 2.53 bits per heavy atom. The van der Waals surface area contributed by atoms with E-state index in [0.717, 1.165) is 0 Å². The van der Waals surface area contributed by atoms with Gasteiger partial charge >= 0.3 is 0 Å². The average molecular weight is 283 g/mol. The average Bonchev–Trinajstić information content (AvgIpc) is 2.70. The molecule has 19 heavy (non-hydrogen) atoms. The zero-order chi connectivity index (χ0) is 14.4. The molecule has 0 aliphatic carbocycles. The Labute approximate surface area is 111 Å². The Bertz CT molecular complexity index is 779. The van der Waals surface area contributed by atoms with Gasteiger partial charge in [0.05, 0.1) is 17.5 Å². The molecular weight excluding hydrogens is 266 g/mol. The Hall–Kier alpha value is -1.63. The van der Waals surface area contributed by atoms with Gasteiger partial charge in [0.1, 0.15) is 10.5 Å². The second-order valence-electron chi connectivity index (χ2n) is 5.40. The predicted molar refractivity (Wildman–Crippen MR) is 73.1 cm³/mol. The molecule has 0 saturated heterocycles. The normalized spacial score (nSPS) is 13.1. The van der Waals surface area contributed by atoms with Crippen molar-refractivity contribution >= 4 is 20.9 Å². The Balaban J connectivity index is 2.79. The molecule has 0 fully saturated rings. The van der Waals surface area contributed by atoms with E-state index in [9.17, 15) is 13.2 Å². The van der Waals surface area contributed by atoms with Crippen LogP contribution in [0.15, 0.2) is 22.0 Å². The van der Waals surface area contributed by atoms with Crippen LogP contribution in [-0.4, -0.2) is 28.9 Å². The zero-order valence-electron chi connectivity index (χ0n) is 11.4. The van der Waals surface area contributed by atoms with E-state index in [-0.39, 0.29) is 16.2 Å². The maximum Gasteiger partial charge on any atom is 0.268 e. The summed E-state index contributed by atoms with van der Waals surface area (Å²) in [5.41, 5.74) is -0.358. The number of nitrogens with zero attached hydrogens (tertiary/aromatic N) is 2. The van der Waals surface area contributed by atoms with Gasteiger partial charge in [0, 0.05) is 5.39 Å². The lowest BCUT2D eigenvalue weighted by molar-refractivity contribution is 0.365. The molecule has 2 rings (SSSR count). The van der Waals surface area contributed by atoms with Crippen molar-refractivity contribution in [1.29, 1.82) is 0 Å². The summed E-state index contributed by atoms with van der Waals surface area (Å²) in [6.45, 7) is 7.37. The third-order valence-electron chi connectivity index (χ3n) is 2.89. The van der Waals surface area contributed by atoms with Crippen LogP contribution in [-0.2, 0) is 15.4 Å². The maximum absolute atomic E-state index is 11.9. The summed E-state index contributed by atoms with van der Waals surface area (Å²) < 4.78 is 25.3. The van der Waals surface area contributed by atoms with Crippen molar-refractivity contribution in [2.45, 2.75) is 38.1 Å². The molecule has 2 aromatic heterocycles. The van der Waals surface area contributed by atoms with Crippen molar-refractivity contribution in [3.05, 3.63) is 22.6 Å². The molecule has 0 aliphatic heterocycles. The minimum absolute atomic E-state index is 0.102. The number of aromatic amines is 1. The van der Waals surface area contributed by atoms with E-state index in [1.54, 1.807) is 10.9 Å². The van der Waals surface area contributed by atoms with Gasteiger partial charge in [-0.1, -0.05) is 6.92 Å². The van der Waals surface area contributed by atoms with Crippen LogP contribution in [0, 0.1) is 0 Å². The van der Waals surface area contributed by atoms with Crippen LogP contribution >= 0.6 is 0 Å². The number of hydrogen-bond acceptors (Lipinski definition) is 4. The van der Waals surface area contributed by atoms with Crippen LogP contribution in [0.25, 0.3) is 11.0 Å². The van der Waals surface area contributed by atoms with Crippen molar-refractivity contribution < 1.29 is 8.42 Å². The SMILES string of the molecule is CCS(=O)(=O)c1cc2cnn(C(C)(C)C)c2[nH]c1=O. The molecule has 1 N–H and O–H groups in total. The fraction of sp³-hybridized carbons (Fsp3) is 0.500. The lowest BCUT2D eigenvalue weighted by Crippen LogP contribution is -2.25. The number of nitrogens with one attached hydrogen (secondary N) is 1. The van der Waals surface area contributed by atoms with Crippen LogP contribution < -0.4 is 5.56 Å². The topological polar surface area (TPSA) is 84.8 Å². The number of fused-ring (bicyclic) bond motifs is 1. The first-order valence-electron chi connectivity index (χ1n) is 6.01. The van der Waals surface area contributed by atoms with Gasteiger partial charge < -0.3 is 4.98 Å². The van der Waals surface area contributed by atoms with E-state index in [2.05, 4.69) is 10.1 Å². The molecule has 0 aliphatic rings. The van der Waals surface area contributed by atoms with Gasteiger partial charge in [0.2, 0.25) is 0 Å². The molecule has 0 radical (unpaired) electrons. The molecule has 2 heterocycles. The number of sulfone groups is 1. The fourth-order valence-corrected chi connectivity index (χ4v) is 2.81. The van der Waals surface area contributed by atoms with E-state index in [1.165, 1.54) is 13.0 Å². The van der Waals surface area contributed by atoms with Crippen molar-refractivity contribution in [1.82, 2.24) is 14.8 Å². The zero-order valence-corrected chi connectivity index (χ0v) is 12.2. The number of pyridine rings is 1. The smallest absolute Gasteiger partial charge is 0.268 e. The summed E-state index contributed by atoms with van der Waals surface area (Å²) in [6.07, 6.45) is 1.56. The molecule has 104 valence electrons. The van der Waals surface area contributed by atoms with E-state index < -0.39 is 15.4 Å². The maximum atomic E-state index is 11.9. The van der Waals surface area contributed by atoms with Crippen LogP contribution in [0.3, 0.4) is 0 Å². The van der Waals surface area contributed by atoms with Crippen LogP contribution in [0.5, 0.6) is 0 Å². The van der Waals surface area contributed by atoms with Crippen LogP contribution in [0.1, 0.15) is 27.7 Å². The summed E-state index contributed by atoms with van der Waals surface area (Å²) in [5, 5.41) is 4.82. The summed E-state index contributed by atoms with van der Waals surface area (Å²) in [4.78, 5) is 14.4. The second kappa shape index (κ2) is 4.19. The molecule has 0 unspecified atom stereocenters. The number of H-pyrrole nitrogens is 1. The first kappa shape index (κ1) is 13.8. The molecule has 0 amide bonds. The van der Waals surface area contributed by atoms with Crippen molar-refractivity contribution in [2.24, 2.45) is 0 Å². The van der Waals surface area contributed by atoms with Gasteiger partial charge in [0.25, 0.3) is 5.56 Å². The van der Waals surface area contributed by atoms with Gasteiger partial charge in [0.15, 0.2) is 9.84 Å². The summed E-state index contributed by atoms with van der Waals surface area (Å²) in [6, 6.07) is 1.39. The predicted octanol–water partition coefficient (Wildman–Crippen LogP) is 1.27. The molecule has 7 heteroatoms. The van der Waals surface area contributed by atoms with Crippen molar-refractivity contribution in [3.8, 4) is 0 Å². The Morgan fingerprint density at radius 2 is 2.00 bits per heavy atom. The van der Waals surface area contributed by atoms with Crippen LogP contribution in [0.2, 0.25) is 0 Å². The lowest BCUT2D eigenvalue weighted by Gasteiger charge is -2.19. The number of aromatic nitrogens is 3. The van der Waals surface area contributed by atoms with Crippen molar-refractivity contribution in [2.75, 3.05) is 5.75 Å². The molecule has 0 aromatic carbocycles. The highest BCUT2D eigenvalue weighted by Gasteiger charge is 2.21. The first-order valence-corrected chi connectivity index (χ1v) is 7.66. The number of hydrogen-bond donors (Lipinski definition) is 1. The molecule has 6 nitrogen and oxygen atoms in total. The highest BCUT2D eigenvalue weighted by Crippen LogP contribution is 2.20. The Morgan fingerprint density at radius 1 is 1.37 bits per heavy atom. The summed E-state index contributed by atoms with van der Waals surface area (Å²) in [5.74, 6) is -0.102. The fourth-order valence-electron chi connectivity index (χ4n) is 1.86. The van der Waals surface area contributed by atoms with Gasteiger partial charge in [-0.15, -0.1) is 0 Å². The highest BCUT2D eigenvalue weighted by molar-refractivity contribution is 7.91. The molecular formula is C12H17N3O3S. The standard InChI is InChI=1S/C12H17N3O3S/c1-5-19(17,18)9-6-8-7-13-15(12(2,3)4)10(8)14-11(9)16/h6-7H,5H2,1-4H3,(H,14,16). The second-order valence-corrected chi connectivity index (χ2v) is 7.64. The molecule has 0 atom stereocenters. The van der Waals surface area contributed by atoms with Crippen LogP contribution in [0.4, 0.5) is 0 Å². The largest absolute Gasteiger partial charge is 0.306 e. The molecule has 0 spiro atoms. The lowest BCUT2D eigenvalue weighted by atomic mass is 10.1. The quantitative estimate of drug-likeness (QED) is 0.899. The van der Waals surface area contributed by atoms with E-state index >= 15 is 0 Å². The molecule has 2 aromatic rings. The van der Waals surface area contributed by atoms with Gasteiger partial charge in [-0.25, -0.2) is 13.1 Å². The highest BCUT2D eigenvalue weighted by atomic mass is 32.2. The molecule has 0 saturated carbocycles. The van der Waals surface area contributed by atoms with Gasteiger partial charge in [-0.3, -0.25) is 4.79 Å². The number of rotatable bonds is 2. The summed E-state index contributed by atoms with van der Waals surface area (Å²) in [7, 11) is -3.53. The third-order valence-corrected chi connectivity index (χ3v) is 4.62.